The van der Waals surface area contributed by atoms with Crippen molar-refractivity contribution < 1.29 is 14.4 Å². The highest BCUT2D eigenvalue weighted by Crippen LogP contribution is 2.40. The Balaban J connectivity index is 2.08. The molecule has 0 aliphatic heterocycles. The van der Waals surface area contributed by atoms with Gasteiger partial charge in [0.25, 0.3) is 5.69 Å². The Bertz CT molecular complexity index is 505. The van der Waals surface area contributed by atoms with Crippen LogP contribution < -0.4 is 5.32 Å². The lowest BCUT2D eigenvalue weighted by atomic mass is 9.64. The van der Waals surface area contributed by atoms with Gasteiger partial charge in [0.15, 0.2) is 0 Å². The molecule has 1 aliphatic rings. The van der Waals surface area contributed by atoms with E-state index in [1.165, 1.54) is 12.1 Å². The fourth-order valence-electron chi connectivity index (χ4n) is 2.36. The number of nitrogens with one attached hydrogen (secondary N) is 1. The van der Waals surface area contributed by atoms with Gasteiger partial charge >= 0.3 is 0 Å². The number of hydrogen-bond donors (Lipinski definition) is 2. The van der Waals surface area contributed by atoms with Crippen molar-refractivity contribution in [3.05, 3.63) is 39.7 Å². The van der Waals surface area contributed by atoms with E-state index >= 15 is 0 Å². The summed E-state index contributed by atoms with van der Waals surface area (Å²) in [5.41, 5.74) is -0.0315. The van der Waals surface area contributed by atoms with Crippen molar-refractivity contribution in [3.63, 3.8) is 0 Å². The SMILES string of the molecule is CC1(C)C(O)CC1NCc1cc(F)ccc1[N+](=O)[O-]. The van der Waals surface area contributed by atoms with E-state index < -0.39 is 10.7 Å². The fourth-order valence-corrected chi connectivity index (χ4v) is 2.36. The van der Waals surface area contributed by atoms with Gasteiger partial charge in [-0.15, -0.1) is 0 Å². The van der Waals surface area contributed by atoms with E-state index in [0.717, 1.165) is 6.07 Å². The molecule has 0 radical (unpaired) electrons. The molecule has 0 heterocycles. The molecular weight excluding hydrogens is 251 g/mol. The van der Waals surface area contributed by atoms with Gasteiger partial charge in [-0.3, -0.25) is 10.1 Å². The van der Waals surface area contributed by atoms with Crippen LogP contribution in [0.1, 0.15) is 25.8 Å². The van der Waals surface area contributed by atoms with Crippen LogP contribution in [0.4, 0.5) is 10.1 Å². The number of aliphatic hydroxyl groups excluding tert-OH is 1. The Kier molecular flexibility index (Phi) is 3.56. The van der Waals surface area contributed by atoms with Crippen LogP contribution in [0.5, 0.6) is 0 Å². The average molecular weight is 268 g/mol. The molecule has 0 amide bonds. The normalized spacial score (nSPS) is 24.8. The highest BCUT2D eigenvalue weighted by atomic mass is 19.1. The molecule has 0 spiro atoms. The summed E-state index contributed by atoms with van der Waals surface area (Å²) in [7, 11) is 0. The van der Waals surface area contributed by atoms with Crippen LogP contribution in [-0.2, 0) is 6.54 Å². The van der Waals surface area contributed by atoms with Gasteiger partial charge in [-0.2, -0.15) is 0 Å². The number of nitro groups is 1. The summed E-state index contributed by atoms with van der Waals surface area (Å²) in [6, 6.07) is 3.50. The first-order valence-electron chi connectivity index (χ1n) is 6.16. The molecule has 1 aromatic rings. The fraction of sp³-hybridized carbons (Fsp3) is 0.538. The van der Waals surface area contributed by atoms with E-state index in [2.05, 4.69) is 5.32 Å². The third-order valence-corrected chi connectivity index (χ3v) is 3.99. The molecular formula is C13H17FN2O3. The Morgan fingerprint density at radius 1 is 1.58 bits per heavy atom. The number of nitrogens with zero attached hydrogens (tertiary/aromatic N) is 1. The van der Waals surface area contributed by atoms with Gasteiger partial charge in [0.2, 0.25) is 0 Å². The summed E-state index contributed by atoms with van der Waals surface area (Å²) in [6.45, 7) is 4.08. The molecule has 0 bridgehead atoms. The molecule has 19 heavy (non-hydrogen) atoms. The maximum atomic E-state index is 13.2. The van der Waals surface area contributed by atoms with E-state index in [0.29, 0.717) is 12.0 Å². The second kappa shape index (κ2) is 4.86. The van der Waals surface area contributed by atoms with Gasteiger partial charge in [0, 0.05) is 29.6 Å². The van der Waals surface area contributed by atoms with Crippen molar-refractivity contribution >= 4 is 5.69 Å². The lowest BCUT2D eigenvalue weighted by Gasteiger charge is -2.49. The van der Waals surface area contributed by atoms with Crippen molar-refractivity contribution in [1.29, 1.82) is 0 Å². The van der Waals surface area contributed by atoms with E-state index in [4.69, 9.17) is 0 Å². The number of aliphatic hydroxyl groups is 1. The summed E-state index contributed by atoms with van der Waals surface area (Å²) in [5.74, 6) is -0.490. The van der Waals surface area contributed by atoms with Gasteiger partial charge in [-0.25, -0.2) is 4.39 Å². The number of rotatable bonds is 4. The highest BCUT2D eigenvalue weighted by molar-refractivity contribution is 5.40. The van der Waals surface area contributed by atoms with E-state index in [9.17, 15) is 19.6 Å². The number of nitro benzene ring substituents is 1. The highest BCUT2D eigenvalue weighted by Gasteiger charge is 2.46. The minimum atomic E-state index is -0.517. The number of benzene rings is 1. The molecule has 2 atom stereocenters. The lowest BCUT2D eigenvalue weighted by molar-refractivity contribution is -0.385. The second-order valence-electron chi connectivity index (χ2n) is 5.54. The van der Waals surface area contributed by atoms with Crippen molar-refractivity contribution in [2.24, 2.45) is 5.41 Å². The molecule has 6 heteroatoms. The zero-order valence-corrected chi connectivity index (χ0v) is 10.9. The van der Waals surface area contributed by atoms with Gasteiger partial charge < -0.3 is 10.4 Å². The van der Waals surface area contributed by atoms with Crippen molar-refractivity contribution in [1.82, 2.24) is 5.32 Å². The van der Waals surface area contributed by atoms with Crippen LogP contribution in [0.2, 0.25) is 0 Å². The van der Waals surface area contributed by atoms with Crippen LogP contribution >= 0.6 is 0 Å². The largest absolute Gasteiger partial charge is 0.392 e. The minimum Gasteiger partial charge on any atom is -0.392 e. The molecule has 2 unspecified atom stereocenters. The van der Waals surface area contributed by atoms with Gasteiger partial charge in [-0.05, 0) is 18.6 Å². The first-order valence-corrected chi connectivity index (χ1v) is 6.16. The van der Waals surface area contributed by atoms with Gasteiger partial charge in [0.1, 0.15) is 5.82 Å². The van der Waals surface area contributed by atoms with E-state index in [-0.39, 0.29) is 29.8 Å². The van der Waals surface area contributed by atoms with Gasteiger partial charge in [0.05, 0.1) is 11.0 Å². The molecule has 0 saturated heterocycles. The minimum absolute atomic E-state index is 0.0744. The Hall–Kier alpha value is -1.53. The smallest absolute Gasteiger partial charge is 0.274 e. The molecule has 1 saturated carbocycles. The lowest BCUT2D eigenvalue weighted by Crippen LogP contribution is -2.59. The second-order valence-corrected chi connectivity index (χ2v) is 5.54. The predicted molar refractivity (Wildman–Crippen MR) is 68.1 cm³/mol. The van der Waals surface area contributed by atoms with Crippen LogP contribution in [-0.4, -0.2) is 22.2 Å². The summed E-state index contributed by atoms with van der Waals surface area (Å²) < 4.78 is 13.2. The summed E-state index contributed by atoms with van der Waals surface area (Å²) >= 11 is 0. The Morgan fingerprint density at radius 3 is 2.79 bits per heavy atom. The van der Waals surface area contributed by atoms with Crippen molar-refractivity contribution in [3.8, 4) is 0 Å². The third-order valence-electron chi connectivity index (χ3n) is 3.99. The summed E-state index contributed by atoms with van der Waals surface area (Å²) in [6.07, 6.45) is 0.239. The van der Waals surface area contributed by atoms with Crippen LogP contribution in [0.15, 0.2) is 18.2 Å². The van der Waals surface area contributed by atoms with Gasteiger partial charge in [-0.1, -0.05) is 13.8 Å². The van der Waals surface area contributed by atoms with Crippen LogP contribution in [0.3, 0.4) is 0 Å². The topological polar surface area (TPSA) is 75.4 Å². The zero-order valence-electron chi connectivity index (χ0n) is 10.9. The number of halogens is 1. The number of hydrogen-bond acceptors (Lipinski definition) is 4. The quantitative estimate of drug-likeness (QED) is 0.646. The maximum absolute atomic E-state index is 13.2. The Labute approximate surface area is 110 Å². The molecule has 2 rings (SSSR count). The molecule has 2 N–H and O–H groups in total. The first kappa shape index (κ1) is 13.9. The molecule has 0 aromatic heterocycles. The monoisotopic (exact) mass is 268 g/mol. The van der Waals surface area contributed by atoms with Crippen LogP contribution in [0.25, 0.3) is 0 Å². The summed E-state index contributed by atoms with van der Waals surface area (Å²) in [4.78, 5) is 10.3. The first-order chi connectivity index (χ1) is 8.82. The predicted octanol–water partition coefficient (Wildman–Crippen LogP) is 1.98. The standard InChI is InChI=1S/C13H17FN2O3/c1-13(2)11(6-12(13)17)15-7-8-5-9(14)3-4-10(8)16(18)19/h3-5,11-12,15,17H,6-7H2,1-2H3. The molecule has 104 valence electrons. The van der Waals surface area contributed by atoms with Crippen molar-refractivity contribution in [2.75, 3.05) is 0 Å². The Morgan fingerprint density at radius 2 is 2.26 bits per heavy atom. The average Bonchev–Trinajstić information content (AvgIpc) is 2.33. The molecule has 5 nitrogen and oxygen atoms in total. The van der Waals surface area contributed by atoms with E-state index in [1.54, 1.807) is 0 Å². The molecule has 1 aliphatic carbocycles. The van der Waals surface area contributed by atoms with Crippen LogP contribution in [0, 0.1) is 21.3 Å². The maximum Gasteiger partial charge on any atom is 0.274 e. The zero-order chi connectivity index (χ0) is 14.2. The molecule has 1 fully saturated rings. The third kappa shape index (κ3) is 2.59. The summed E-state index contributed by atoms with van der Waals surface area (Å²) in [5, 5.41) is 23.6. The molecule has 1 aromatic carbocycles. The van der Waals surface area contributed by atoms with E-state index in [1.807, 2.05) is 13.8 Å². The van der Waals surface area contributed by atoms with Crippen molar-refractivity contribution in [2.45, 2.75) is 39.0 Å².